The van der Waals surface area contributed by atoms with Crippen LogP contribution in [0, 0.1) is 17.8 Å². The summed E-state index contributed by atoms with van der Waals surface area (Å²) in [7, 11) is 0. The Balaban J connectivity index is 1.49. The SMILES string of the molecule is CCCn1cnc(C(=O)N(Cc2cccc(Cl)c2)CC2C3CN(CC)CC32)c1. The van der Waals surface area contributed by atoms with Gasteiger partial charge in [0.1, 0.15) is 5.69 Å². The van der Waals surface area contributed by atoms with Crippen molar-refractivity contribution in [2.45, 2.75) is 33.4 Å². The molecule has 5 nitrogen and oxygen atoms in total. The molecule has 0 radical (unpaired) electrons. The van der Waals surface area contributed by atoms with Crippen molar-refractivity contribution in [3.63, 3.8) is 0 Å². The fourth-order valence-corrected chi connectivity index (χ4v) is 4.82. The predicted octanol–water partition coefficient (Wildman–Crippen LogP) is 3.79. The lowest BCUT2D eigenvalue weighted by atomic mass is 10.1. The van der Waals surface area contributed by atoms with Crippen molar-refractivity contribution >= 4 is 17.5 Å². The molecule has 6 heteroatoms. The normalized spacial score (nSPS) is 23.6. The summed E-state index contributed by atoms with van der Waals surface area (Å²) >= 11 is 6.17. The van der Waals surface area contributed by atoms with Crippen LogP contribution in [0.1, 0.15) is 36.3 Å². The number of hydrogen-bond donors (Lipinski definition) is 0. The summed E-state index contributed by atoms with van der Waals surface area (Å²) in [6.45, 7) is 10.1. The van der Waals surface area contributed by atoms with Crippen molar-refractivity contribution in [1.29, 1.82) is 0 Å². The largest absolute Gasteiger partial charge is 0.337 e. The van der Waals surface area contributed by atoms with Gasteiger partial charge in [-0.15, -0.1) is 0 Å². The Bertz CT molecular complexity index is 823. The summed E-state index contributed by atoms with van der Waals surface area (Å²) in [4.78, 5) is 22.1. The number of halogens is 1. The summed E-state index contributed by atoms with van der Waals surface area (Å²) in [5.74, 6) is 2.12. The van der Waals surface area contributed by atoms with Crippen molar-refractivity contribution in [2.75, 3.05) is 26.2 Å². The lowest BCUT2D eigenvalue weighted by molar-refractivity contribution is 0.0719. The molecule has 28 heavy (non-hydrogen) atoms. The maximum Gasteiger partial charge on any atom is 0.274 e. The number of carbonyl (C=O) groups is 1. The van der Waals surface area contributed by atoms with Crippen LogP contribution in [0.5, 0.6) is 0 Å². The van der Waals surface area contributed by atoms with E-state index in [0.29, 0.717) is 23.2 Å². The van der Waals surface area contributed by atoms with E-state index in [0.717, 1.165) is 43.5 Å². The van der Waals surface area contributed by atoms with Gasteiger partial charge in [0, 0.05) is 43.9 Å². The van der Waals surface area contributed by atoms with E-state index < -0.39 is 0 Å². The average Bonchev–Trinajstić information content (AvgIpc) is 3.07. The van der Waals surface area contributed by atoms with E-state index in [-0.39, 0.29) is 5.91 Å². The van der Waals surface area contributed by atoms with E-state index in [1.807, 2.05) is 39.9 Å². The second-order valence-corrected chi connectivity index (χ2v) is 8.59. The van der Waals surface area contributed by atoms with E-state index in [1.165, 1.54) is 13.1 Å². The number of imidazole rings is 1. The molecule has 1 aliphatic carbocycles. The van der Waals surface area contributed by atoms with Gasteiger partial charge in [0.15, 0.2) is 0 Å². The number of benzene rings is 1. The lowest BCUT2D eigenvalue weighted by Crippen LogP contribution is -2.35. The predicted molar refractivity (Wildman–Crippen MR) is 111 cm³/mol. The monoisotopic (exact) mass is 400 g/mol. The van der Waals surface area contributed by atoms with Gasteiger partial charge in [-0.05, 0) is 48.4 Å². The zero-order valence-electron chi connectivity index (χ0n) is 16.7. The number of hydrogen-bond acceptors (Lipinski definition) is 3. The maximum absolute atomic E-state index is 13.3. The number of likely N-dealkylation sites (tertiary alicyclic amines) is 1. The van der Waals surface area contributed by atoms with Gasteiger partial charge in [-0.2, -0.15) is 0 Å². The van der Waals surface area contributed by atoms with E-state index in [9.17, 15) is 4.79 Å². The van der Waals surface area contributed by atoms with Gasteiger partial charge in [0.2, 0.25) is 0 Å². The van der Waals surface area contributed by atoms with Gasteiger partial charge in [0.25, 0.3) is 5.91 Å². The van der Waals surface area contributed by atoms with Crippen LogP contribution in [0.3, 0.4) is 0 Å². The molecule has 0 bridgehead atoms. The van der Waals surface area contributed by atoms with Gasteiger partial charge in [0.05, 0.1) is 6.33 Å². The highest BCUT2D eigenvalue weighted by atomic mass is 35.5. The molecule has 2 atom stereocenters. The standard InChI is InChI=1S/C22H29ClN4O/c1-3-8-26-14-21(24-15-26)22(28)27(10-16-6-5-7-17(23)9-16)13-20-18-11-25(4-2)12-19(18)20/h5-7,9,14-15,18-20H,3-4,8,10-13H2,1-2H3. The highest BCUT2D eigenvalue weighted by Gasteiger charge is 2.55. The van der Waals surface area contributed by atoms with Gasteiger partial charge >= 0.3 is 0 Å². The summed E-state index contributed by atoms with van der Waals surface area (Å²) in [5.41, 5.74) is 1.60. The second kappa shape index (κ2) is 8.26. The summed E-state index contributed by atoms with van der Waals surface area (Å²) in [6.07, 6.45) is 4.66. The smallest absolute Gasteiger partial charge is 0.274 e. The first kappa shape index (κ1) is 19.5. The van der Waals surface area contributed by atoms with Gasteiger partial charge in [-0.1, -0.05) is 37.6 Å². The number of amides is 1. The first-order valence-electron chi connectivity index (χ1n) is 10.4. The molecular formula is C22H29ClN4O. The van der Waals surface area contributed by atoms with Crippen molar-refractivity contribution in [2.24, 2.45) is 17.8 Å². The maximum atomic E-state index is 13.3. The molecule has 1 aromatic heterocycles. The van der Waals surface area contributed by atoms with Gasteiger partial charge in [-0.25, -0.2) is 4.98 Å². The van der Waals surface area contributed by atoms with Crippen molar-refractivity contribution < 1.29 is 4.79 Å². The topological polar surface area (TPSA) is 41.4 Å². The van der Waals surface area contributed by atoms with E-state index in [2.05, 4.69) is 23.7 Å². The van der Waals surface area contributed by atoms with Crippen LogP contribution in [0.4, 0.5) is 0 Å². The van der Waals surface area contributed by atoms with Crippen LogP contribution >= 0.6 is 11.6 Å². The number of rotatable bonds is 8. The van der Waals surface area contributed by atoms with Crippen LogP contribution in [0.15, 0.2) is 36.8 Å². The van der Waals surface area contributed by atoms with Crippen LogP contribution in [-0.4, -0.2) is 51.4 Å². The Morgan fingerprint density at radius 1 is 1.29 bits per heavy atom. The molecule has 4 rings (SSSR count). The third-order valence-electron chi connectivity index (χ3n) is 6.21. The Hall–Kier alpha value is -1.85. The Labute approximate surface area is 172 Å². The number of nitrogens with zero attached hydrogens (tertiary/aromatic N) is 4. The molecule has 1 aromatic carbocycles. The van der Waals surface area contributed by atoms with Gasteiger partial charge < -0.3 is 14.4 Å². The van der Waals surface area contributed by atoms with Crippen LogP contribution in [0.25, 0.3) is 0 Å². The molecule has 1 saturated heterocycles. The van der Waals surface area contributed by atoms with Crippen LogP contribution in [0.2, 0.25) is 5.02 Å². The Morgan fingerprint density at radius 2 is 2.07 bits per heavy atom. The first-order valence-corrected chi connectivity index (χ1v) is 10.7. The highest BCUT2D eigenvalue weighted by molar-refractivity contribution is 6.30. The third kappa shape index (κ3) is 4.11. The van der Waals surface area contributed by atoms with Crippen molar-refractivity contribution in [3.8, 4) is 0 Å². The second-order valence-electron chi connectivity index (χ2n) is 8.16. The number of piperidine rings is 1. The number of carbonyl (C=O) groups excluding carboxylic acids is 1. The minimum absolute atomic E-state index is 0.0205. The first-order chi connectivity index (χ1) is 13.6. The zero-order chi connectivity index (χ0) is 19.7. The van der Waals surface area contributed by atoms with Crippen molar-refractivity contribution in [3.05, 3.63) is 53.1 Å². The molecule has 0 N–H and O–H groups in total. The molecule has 2 unspecified atom stereocenters. The summed E-state index contributed by atoms with van der Waals surface area (Å²) < 4.78 is 2.00. The summed E-state index contributed by atoms with van der Waals surface area (Å²) in [6, 6.07) is 7.80. The van der Waals surface area contributed by atoms with Crippen LogP contribution < -0.4 is 0 Å². The van der Waals surface area contributed by atoms with Crippen molar-refractivity contribution in [1.82, 2.24) is 19.4 Å². The zero-order valence-corrected chi connectivity index (χ0v) is 17.5. The number of aromatic nitrogens is 2. The molecule has 0 spiro atoms. The third-order valence-corrected chi connectivity index (χ3v) is 6.44. The van der Waals surface area contributed by atoms with Gasteiger partial charge in [-0.3, -0.25) is 4.79 Å². The minimum atomic E-state index is 0.0205. The molecule has 2 fully saturated rings. The molecule has 1 amide bonds. The minimum Gasteiger partial charge on any atom is -0.337 e. The Morgan fingerprint density at radius 3 is 2.75 bits per heavy atom. The number of aryl methyl sites for hydroxylation is 1. The highest BCUT2D eigenvalue weighted by Crippen LogP contribution is 2.52. The Kier molecular flexibility index (Phi) is 5.74. The van der Waals surface area contributed by atoms with E-state index >= 15 is 0 Å². The molecule has 1 aliphatic heterocycles. The molecule has 2 aliphatic rings. The average molecular weight is 401 g/mol. The summed E-state index contributed by atoms with van der Waals surface area (Å²) in [5, 5.41) is 0.707. The fourth-order valence-electron chi connectivity index (χ4n) is 4.61. The van der Waals surface area contributed by atoms with E-state index in [1.54, 1.807) is 6.33 Å². The molecule has 1 saturated carbocycles. The number of fused-ring (bicyclic) bond motifs is 1. The molecule has 2 aromatic rings. The fraction of sp³-hybridized carbons (Fsp3) is 0.545. The van der Waals surface area contributed by atoms with E-state index in [4.69, 9.17) is 11.6 Å². The lowest BCUT2D eigenvalue weighted by Gasteiger charge is -2.24. The quantitative estimate of drug-likeness (QED) is 0.677. The van der Waals surface area contributed by atoms with Crippen LogP contribution in [-0.2, 0) is 13.1 Å². The molecule has 2 heterocycles. The molecule has 150 valence electrons. The molecular weight excluding hydrogens is 372 g/mol.